The van der Waals surface area contributed by atoms with Crippen molar-refractivity contribution in [3.05, 3.63) is 36.2 Å². The lowest BCUT2D eigenvalue weighted by molar-refractivity contribution is 0.0942. The lowest BCUT2D eigenvalue weighted by Gasteiger charge is -2.34. The lowest BCUT2D eigenvalue weighted by atomic mass is 9.92. The molecule has 6 heteroatoms. The predicted octanol–water partition coefficient (Wildman–Crippen LogP) is 2.57. The number of aromatic nitrogens is 3. The fraction of sp³-hybridized carbons (Fsp3) is 0.526. The van der Waals surface area contributed by atoms with Gasteiger partial charge in [-0.05, 0) is 49.4 Å². The van der Waals surface area contributed by atoms with Crippen LogP contribution in [0, 0.1) is 11.8 Å². The largest absolute Gasteiger partial charge is 0.351 e. The molecule has 2 atom stereocenters. The van der Waals surface area contributed by atoms with Crippen LogP contribution in [-0.4, -0.2) is 52.2 Å². The molecule has 6 nitrogen and oxygen atoms in total. The Hall–Kier alpha value is -2.21. The Labute approximate surface area is 149 Å². The third kappa shape index (κ3) is 4.89. The maximum atomic E-state index is 12.2. The Morgan fingerprint density at radius 1 is 1.28 bits per heavy atom. The van der Waals surface area contributed by atoms with Gasteiger partial charge in [-0.1, -0.05) is 19.9 Å². The number of likely N-dealkylation sites (tertiary alicyclic amines) is 1. The number of carbonyl (C=O) groups excluding carboxylic acids is 1. The van der Waals surface area contributed by atoms with Gasteiger partial charge >= 0.3 is 0 Å². The summed E-state index contributed by atoms with van der Waals surface area (Å²) < 4.78 is 0. The van der Waals surface area contributed by atoms with E-state index in [1.54, 1.807) is 12.3 Å². The standard InChI is InChI=1S/C19H27N5O/c1-14-10-15(2)13-24(12-14)9-5-8-21-19(25)18-11-17(22-23-18)16-6-3-4-7-20-16/h3-4,6-7,11,14-15H,5,8-10,12-13H2,1-2H3,(H,21,25)(H,22,23). The van der Waals surface area contributed by atoms with Crippen LogP contribution in [0.5, 0.6) is 0 Å². The molecule has 2 aromatic heterocycles. The van der Waals surface area contributed by atoms with Crippen LogP contribution in [0.4, 0.5) is 0 Å². The number of piperidine rings is 1. The molecular formula is C19H27N5O. The Morgan fingerprint density at radius 2 is 2.08 bits per heavy atom. The van der Waals surface area contributed by atoms with Gasteiger partial charge in [-0.15, -0.1) is 0 Å². The summed E-state index contributed by atoms with van der Waals surface area (Å²) in [5.41, 5.74) is 1.91. The topological polar surface area (TPSA) is 73.9 Å². The third-order valence-corrected chi connectivity index (χ3v) is 4.63. The van der Waals surface area contributed by atoms with Crippen LogP contribution in [0.2, 0.25) is 0 Å². The minimum absolute atomic E-state index is 0.116. The SMILES string of the molecule is CC1CC(C)CN(CCCNC(=O)c2cc(-c3ccccn3)n[nH]2)C1. The summed E-state index contributed by atoms with van der Waals surface area (Å²) in [6, 6.07) is 7.37. The van der Waals surface area contributed by atoms with Gasteiger partial charge in [0, 0.05) is 25.8 Å². The highest BCUT2D eigenvalue weighted by molar-refractivity contribution is 5.93. The van der Waals surface area contributed by atoms with Crippen molar-refractivity contribution in [1.82, 2.24) is 25.4 Å². The van der Waals surface area contributed by atoms with E-state index in [4.69, 9.17) is 0 Å². The summed E-state index contributed by atoms with van der Waals surface area (Å²) >= 11 is 0. The molecule has 2 N–H and O–H groups in total. The van der Waals surface area contributed by atoms with Gasteiger partial charge in [-0.3, -0.25) is 14.9 Å². The van der Waals surface area contributed by atoms with E-state index in [9.17, 15) is 4.79 Å². The molecule has 0 aliphatic carbocycles. The second-order valence-corrected chi connectivity index (χ2v) is 7.20. The van der Waals surface area contributed by atoms with Crippen molar-refractivity contribution in [2.24, 2.45) is 11.8 Å². The second-order valence-electron chi connectivity index (χ2n) is 7.20. The van der Waals surface area contributed by atoms with Crippen molar-refractivity contribution in [3.63, 3.8) is 0 Å². The van der Waals surface area contributed by atoms with Crippen molar-refractivity contribution >= 4 is 5.91 Å². The molecule has 0 spiro atoms. The number of hydrogen-bond donors (Lipinski definition) is 2. The van der Waals surface area contributed by atoms with Crippen molar-refractivity contribution in [1.29, 1.82) is 0 Å². The number of nitrogens with zero attached hydrogens (tertiary/aromatic N) is 3. The number of pyridine rings is 1. The van der Waals surface area contributed by atoms with Crippen LogP contribution >= 0.6 is 0 Å². The number of rotatable bonds is 6. The van der Waals surface area contributed by atoms with E-state index >= 15 is 0 Å². The molecule has 25 heavy (non-hydrogen) atoms. The summed E-state index contributed by atoms with van der Waals surface area (Å²) in [5, 5.41) is 9.93. The van der Waals surface area contributed by atoms with Crippen LogP contribution in [0.1, 0.15) is 37.2 Å². The quantitative estimate of drug-likeness (QED) is 0.792. The van der Waals surface area contributed by atoms with E-state index in [-0.39, 0.29) is 5.91 Å². The minimum atomic E-state index is -0.116. The van der Waals surface area contributed by atoms with Gasteiger partial charge in [-0.2, -0.15) is 5.10 Å². The summed E-state index contributed by atoms with van der Waals surface area (Å²) in [4.78, 5) is 19.0. The van der Waals surface area contributed by atoms with Gasteiger partial charge in [0.1, 0.15) is 11.4 Å². The molecule has 134 valence electrons. The average molecular weight is 341 g/mol. The Morgan fingerprint density at radius 3 is 2.80 bits per heavy atom. The molecule has 0 radical (unpaired) electrons. The van der Waals surface area contributed by atoms with E-state index in [0.29, 0.717) is 17.9 Å². The zero-order valence-electron chi connectivity index (χ0n) is 15.0. The highest BCUT2D eigenvalue weighted by Gasteiger charge is 2.21. The maximum Gasteiger partial charge on any atom is 0.269 e. The number of aromatic amines is 1. The number of H-pyrrole nitrogens is 1. The average Bonchev–Trinajstić information content (AvgIpc) is 3.09. The molecule has 1 saturated heterocycles. The van der Waals surface area contributed by atoms with Gasteiger partial charge in [0.25, 0.3) is 5.91 Å². The third-order valence-electron chi connectivity index (χ3n) is 4.63. The molecule has 2 unspecified atom stereocenters. The zero-order chi connectivity index (χ0) is 17.6. The van der Waals surface area contributed by atoms with Crippen LogP contribution < -0.4 is 5.32 Å². The molecule has 1 aliphatic heterocycles. The summed E-state index contributed by atoms with van der Waals surface area (Å²) in [6.07, 6.45) is 4.00. The van der Waals surface area contributed by atoms with Crippen LogP contribution in [0.15, 0.2) is 30.5 Å². The first kappa shape index (κ1) is 17.6. The molecule has 2 aromatic rings. The van der Waals surface area contributed by atoms with Crippen LogP contribution in [0.25, 0.3) is 11.4 Å². The molecule has 3 rings (SSSR count). The van der Waals surface area contributed by atoms with Crippen molar-refractivity contribution < 1.29 is 4.79 Å². The summed E-state index contributed by atoms with van der Waals surface area (Å²) in [7, 11) is 0. The van der Waals surface area contributed by atoms with Gasteiger partial charge in [0.05, 0.1) is 5.69 Å². The second kappa shape index (κ2) is 8.25. The smallest absolute Gasteiger partial charge is 0.269 e. The Kier molecular flexibility index (Phi) is 5.81. The first-order valence-corrected chi connectivity index (χ1v) is 9.09. The van der Waals surface area contributed by atoms with E-state index in [1.165, 1.54) is 19.5 Å². The molecule has 0 aromatic carbocycles. The van der Waals surface area contributed by atoms with Crippen LogP contribution in [0.3, 0.4) is 0 Å². The van der Waals surface area contributed by atoms with Crippen molar-refractivity contribution in [2.45, 2.75) is 26.7 Å². The van der Waals surface area contributed by atoms with Gasteiger partial charge in [-0.25, -0.2) is 0 Å². The summed E-state index contributed by atoms with van der Waals surface area (Å²) in [6.45, 7) is 8.70. The van der Waals surface area contributed by atoms with Gasteiger partial charge < -0.3 is 10.2 Å². The molecule has 1 fully saturated rings. The highest BCUT2D eigenvalue weighted by atomic mass is 16.1. The van der Waals surface area contributed by atoms with Crippen molar-refractivity contribution in [3.8, 4) is 11.4 Å². The van der Waals surface area contributed by atoms with Gasteiger partial charge in [0.2, 0.25) is 0 Å². The lowest BCUT2D eigenvalue weighted by Crippen LogP contribution is -2.40. The highest BCUT2D eigenvalue weighted by Crippen LogP contribution is 2.20. The van der Waals surface area contributed by atoms with Crippen LogP contribution in [-0.2, 0) is 0 Å². The van der Waals surface area contributed by atoms with E-state index in [2.05, 4.69) is 39.2 Å². The fourth-order valence-electron chi connectivity index (χ4n) is 3.66. The normalized spacial score (nSPS) is 21.2. The van der Waals surface area contributed by atoms with E-state index in [1.807, 2.05) is 18.2 Å². The molecule has 1 amide bonds. The first-order valence-electron chi connectivity index (χ1n) is 9.09. The molecule has 0 bridgehead atoms. The summed E-state index contributed by atoms with van der Waals surface area (Å²) in [5.74, 6) is 1.43. The van der Waals surface area contributed by atoms with E-state index in [0.717, 1.165) is 30.5 Å². The predicted molar refractivity (Wildman–Crippen MR) is 98.2 cm³/mol. The number of nitrogens with one attached hydrogen (secondary N) is 2. The maximum absolute atomic E-state index is 12.2. The molecule has 1 aliphatic rings. The minimum Gasteiger partial charge on any atom is -0.351 e. The molecule has 3 heterocycles. The number of amides is 1. The zero-order valence-corrected chi connectivity index (χ0v) is 15.0. The fourth-order valence-corrected chi connectivity index (χ4v) is 3.66. The Bertz CT molecular complexity index is 674. The number of carbonyl (C=O) groups is 1. The van der Waals surface area contributed by atoms with E-state index < -0.39 is 0 Å². The first-order chi connectivity index (χ1) is 12.1. The Balaban J connectivity index is 1.43. The van der Waals surface area contributed by atoms with Gasteiger partial charge in [0.15, 0.2) is 0 Å². The number of hydrogen-bond acceptors (Lipinski definition) is 4. The molecule has 0 saturated carbocycles. The van der Waals surface area contributed by atoms with Crippen molar-refractivity contribution in [2.75, 3.05) is 26.2 Å². The molecular weight excluding hydrogens is 314 g/mol. The monoisotopic (exact) mass is 341 g/mol.